The van der Waals surface area contributed by atoms with Crippen LogP contribution in [0.1, 0.15) is 37.8 Å². The minimum atomic E-state index is -0.807. The molecule has 0 amide bonds. The quantitative estimate of drug-likeness (QED) is 0.446. The molecule has 1 aliphatic heterocycles. The highest BCUT2D eigenvalue weighted by Crippen LogP contribution is 2.36. The number of aliphatic carboxylic acids is 1. The first-order chi connectivity index (χ1) is 15.1. The number of nitrogens with zero attached hydrogens (tertiary/aromatic N) is 1. The fraction of sp³-hybridized carbons (Fsp3) is 0.333. The van der Waals surface area contributed by atoms with E-state index in [0.717, 1.165) is 38.8 Å². The molecule has 160 valence electrons. The Labute approximate surface area is 185 Å². The van der Waals surface area contributed by atoms with Gasteiger partial charge in [0.05, 0.1) is 29.4 Å². The lowest BCUT2D eigenvalue weighted by Gasteiger charge is -2.16. The van der Waals surface area contributed by atoms with E-state index in [4.69, 9.17) is 9.84 Å². The lowest BCUT2D eigenvalue weighted by atomic mass is 10.1. The molecule has 1 atom stereocenters. The number of hydrogen-bond acceptors (Lipinski definition) is 5. The Balaban J connectivity index is 1.49. The van der Waals surface area contributed by atoms with Crippen LogP contribution in [-0.4, -0.2) is 38.9 Å². The number of fused-ring (bicyclic) bond motifs is 1. The monoisotopic (exact) mass is 435 g/mol. The normalized spacial score (nSPS) is 19.0. The summed E-state index contributed by atoms with van der Waals surface area (Å²) in [5.74, 6) is 1.48. The van der Waals surface area contributed by atoms with E-state index in [2.05, 4.69) is 27.4 Å². The highest BCUT2D eigenvalue weighted by molar-refractivity contribution is 8.14. The third kappa shape index (κ3) is 4.56. The number of nitrogens with one attached hydrogen (secondary N) is 2. The highest BCUT2D eigenvalue weighted by Gasteiger charge is 2.24. The third-order valence-corrected chi connectivity index (χ3v) is 6.90. The standard InChI is InChI=1S/C24H25N3O3S/c28-22(29)12-17-14-31-24(26-17)21-11-15-10-19(30-18-8-2-1-3-9-18)13-20(23(15)27-21)25-16-6-4-5-7-16/h1-3,8-11,13,16-17,25,27H,4-7,12,14H2,(H,28,29). The van der Waals surface area contributed by atoms with Gasteiger partial charge in [0, 0.05) is 23.2 Å². The zero-order valence-electron chi connectivity index (χ0n) is 17.1. The lowest BCUT2D eigenvalue weighted by Crippen LogP contribution is -2.14. The summed E-state index contributed by atoms with van der Waals surface area (Å²) in [7, 11) is 0. The smallest absolute Gasteiger partial charge is 0.305 e. The largest absolute Gasteiger partial charge is 0.481 e. The van der Waals surface area contributed by atoms with Gasteiger partial charge in [-0.1, -0.05) is 31.0 Å². The number of carbonyl (C=O) groups is 1. The van der Waals surface area contributed by atoms with Crippen LogP contribution in [0.25, 0.3) is 10.9 Å². The van der Waals surface area contributed by atoms with E-state index in [1.165, 1.54) is 25.7 Å². The fourth-order valence-electron chi connectivity index (χ4n) is 4.29. The Hall–Kier alpha value is -2.93. The summed E-state index contributed by atoms with van der Waals surface area (Å²) < 4.78 is 6.13. The number of carboxylic acid groups (broad SMARTS) is 1. The van der Waals surface area contributed by atoms with Crippen molar-refractivity contribution in [1.82, 2.24) is 4.98 Å². The molecule has 31 heavy (non-hydrogen) atoms. The molecule has 1 unspecified atom stereocenters. The summed E-state index contributed by atoms with van der Waals surface area (Å²) in [6.45, 7) is 0. The van der Waals surface area contributed by atoms with Crippen LogP contribution in [-0.2, 0) is 4.79 Å². The van der Waals surface area contributed by atoms with Gasteiger partial charge < -0.3 is 20.1 Å². The molecule has 2 aliphatic rings. The van der Waals surface area contributed by atoms with Gasteiger partial charge in [-0.25, -0.2) is 0 Å². The van der Waals surface area contributed by atoms with Gasteiger partial charge >= 0.3 is 5.97 Å². The fourth-order valence-corrected chi connectivity index (χ4v) is 5.32. The van der Waals surface area contributed by atoms with Gasteiger partial charge in [-0.15, -0.1) is 11.8 Å². The van der Waals surface area contributed by atoms with E-state index in [1.54, 1.807) is 11.8 Å². The van der Waals surface area contributed by atoms with Crippen LogP contribution in [0.15, 0.2) is 53.5 Å². The molecule has 1 saturated carbocycles. The molecule has 5 rings (SSSR count). The van der Waals surface area contributed by atoms with Crippen molar-refractivity contribution in [3.63, 3.8) is 0 Å². The number of aromatic amines is 1. The first-order valence-electron chi connectivity index (χ1n) is 10.7. The van der Waals surface area contributed by atoms with Crippen molar-refractivity contribution in [2.45, 2.75) is 44.2 Å². The van der Waals surface area contributed by atoms with E-state index in [1.807, 2.05) is 36.4 Å². The maximum absolute atomic E-state index is 11.0. The maximum Gasteiger partial charge on any atom is 0.305 e. The minimum Gasteiger partial charge on any atom is -0.481 e. The summed E-state index contributed by atoms with van der Waals surface area (Å²) in [5.41, 5.74) is 3.00. The van der Waals surface area contributed by atoms with Crippen LogP contribution in [0.5, 0.6) is 11.5 Å². The van der Waals surface area contributed by atoms with Crippen molar-refractivity contribution in [1.29, 1.82) is 0 Å². The molecule has 3 N–H and O–H groups in total. The Morgan fingerprint density at radius 3 is 2.74 bits per heavy atom. The minimum absolute atomic E-state index is 0.0697. The van der Waals surface area contributed by atoms with Crippen LogP contribution in [0.3, 0.4) is 0 Å². The topological polar surface area (TPSA) is 86.7 Å². The number of hydrogen-bond donors (Lipinski definition) is 3. The lowest BCUT2D eigenvalue weighted by molar-refractivity contribution is -0.137. The van der Waals surface area contributed by atoms with E-state index in [-0.39, 0.29) is 12.5 Å². The molecule has 1 aromatic heterocycles. The molecule has 6 nitrogen and oxygen atoms in total. The highest BCUT2D eigenvalue weighted by atomic mass is 32.2. The summed E-state index contributed by atoms with van der Waals surface area (Å²) in [6.07, 6.45) is 4.95. The van der Waals surface area contributed by atoms with Crippen molar-refractivity contribution < 1.29 is 14.6 Å². The Morgan fingerprint density at radius 1 is 1.16 bits per heavy atom. The van der Waals surface area contributed by atoms with Crippen LogP contribution in [0.4, 0.5) is 5.69 Å². The summed E-state index contributed by atoms with van der Waals surface area (Å²) in [4.78, 5) is 19.2. The summed E-state index contributed by atoms with van der Waals surface area (Å²) in [5, 5.41) is 14.7. The van der Waals surface area contributed by atoms with Gasteiger partial charge in [-0.05, 0) is 37.1 Å². The molecule has 3 aromatic rings. The van der Waals surface area contributed by atoms with E-state index >= 15 is 0 Å². The average Bonchev–Trinajstić information content (AvgIpc) is 3.49. The summed E-state index contributed by atoms with van der Waals surface area (Å²) >= 11 is 1.61. The van der Waals surface area contributed by atoms with E-state index < -0.39 is 5.97 Å². The van der Waals surface area contributed by atoms with E-state index in [9.17, 15) is 4.79 Å². The number of para-hydroxylation sites is 1. The average molecular weight is 436 g/mol. The number of thioether (sulfide) groups is 1. The predicted molar refractivity (Wildman–Crippen MR) is 126 cm³/mol. The first kappa shape index (κ1) is 20.0. The van der Waals surface area contributed by atoms with Crippen molar-refractivity contribution in [2.75, 3.05) is 11.1 Å². The molecule has 0 spiro atoms. The van der Waals surface area contributed by atoms with Crippen LogP contribution < -0.4 is 10.1 Å². The third-order valence-electron chi connectivity index (χ3n) is 5.75. The van der Waals surface area contributed by atoms with Crippen LogP contribution in [0.2, 0.25) is 0 Å². The number of benzene rings is 2. The zero-order valence-corrected chi connectivity index (χ0v) is 18.0. The molecule has 0 bridgehead atoms. The maximum atomic E-state index is 11.0. The Morgan fingerprint density at radius 2 is 1.97 bits per heavy atom. The van der Waals surface area contributed by atoms with Crippen LogP contribution >= 0.6 is 11.8 Å². The predicted octanol–water partition coefficient (Wildman–Crippen LogP) is 5.65. The van der Waals surface area contributed by atoms with Crippen LogP contribution in [0, 0.1) is 0 Å². The Kier molecular flexibility index (Phi) is 5.59. The number of H-pyrrole nitrogens is 1. The second kappa shape index (κ2) is 8.67. The molecular formula is C24H25N3O3S. The first-order valence-corrected chi connectivity index (χ1v) is 11.7. The second-order valence-electron chi connectivity index (χ2n) is 8.16. The SMILES string of the molecule is O=C(O)CC1CSC(c2cc3cc(Oc4ccccc4)cc(NC4CCCC4)c3[nH]2)=N1. The number of carboxylic acids is 1. The van der Waals surface area contributed by atoms with Gasteiger partial charge in [0.25, 0.3) is 0 Å². The number of rotatable bonds is 7. The molecule has 0 saturated heterocycles. The number of aliphatic imine (C=N–C) groups is 1. The molecule has 1 aliphatic carbocycles. The van der Waals surface area contributed by atoms with Crippen molar-refractivity contribution in [2.24, 2.45) is 4.99 Å². The molecule has 7 heteroatoms. The second-order valence-corrected chi connectivity index (χ2v) is 9.16. The zero-order chi connectivity index (χ0) is 21.2. The molecule has 2 aromatic carbocycles. The van der Waals surface area contributed by atoms with Crippen molar-refractivity contribution in [3.05, 3.63) is 54.2 Å². The number of ether oxygens (including phenoxy) is 1. The van der Waals surface area contributed by atoms with E-state index in [0.29, 0.717) is 11.8 Å². The molecular weight excluding hydrogens is 410 g/mol. The molecule has 1 fully saturated rings. The summed E-state index contributed by atoms with van der Waals surface area (Å²) in [6, 6.07) is 16.3. The molecule has 0 radical (unpaired) electrons. The van der Waals surface area contributed by atoms with Crippen molar-refractivity contribution in [3.8, 4) is 11.5 Å². The van der Waals surface area contributed by atoms with Gasteiger partial charge in [0.2, 0.25) is 0 Å². The number of anilines is 1. The van der Waals surface area contributed by atoms with Gasteiger partial charge in [-0.3, -0.25) is 9.79 Å². The van der Waals surface area contributed by atoms with Gasteiger partial charge in [-0.2, -0.15) is 0 Å². The number of aromatic nitrogens is 1. The van der Waals surface area contributed by atoms with Crippen molar-refractivity contribution >= 4 is 39.4 Å². The van der Waals surface area contributed by atoms with Gasteiger partial charge in [0.15, 0.2) is 0 Å². The van der Waals surface area contributed by atoms with Gasteiger partial charge in [0.1, 0.15) is 16.5 Å². The molecule has 2 heterocycles. The Bertz CT molecular complexity index is 1120.